The molecule has 0 aliphatic carbocycles. The summed E-state index contributed by atoms with van der Waals surface area (Å²) < 4.78 is 5.71. The van der Waals surface area contributed by atoms with Crippen molar-refractivity contribution in [3.63, 3.8) is 0 Å². The maximum absolute atomic E-state index is 11.5. The van der Waals surface area contributed by atoms with Crippen molar-refractivity contribution in [1.82, 2.24) is 21.3 Å². The van der Waals surface area contributed by atoms with Crippen molar-refractivity contribution in [3.05, 3.63) is 59.7 Å². The second-order valence-corrected chi connectivity index (χ2v) is 10.1. The summed E-state index contributed by atoms with van der Waals surface area (Å²) in [6.45, 7) is 11.7. The zero-order valence-electron chi connectivity index (χ0n) is 21.6. The molecule has 1 amide bonds. The molecule has 2 aromatic carbocycles. The first-order valence-electron chi connectivity index (χ1n) is 12.1. The van der Waals surface area contributed by atoms with Crippen LogP contribution in [0, 0.1) is 5.41 Å². The van der Waals surface area contributed by atoms with Crippen LogP contribution in [-0.4, -0.2) is 77.5 Å². The number of ether oxygens (including phenoxy) is 1. The lowest BCUT2D eigenvalue weighted by Gasteiger charge is -2.35. The molecule has 9 heteroatoms. The molecule has 0 spiro atoms. The van der Waals surface area contributed by atoms with E-state index in [4.69, 9.17) is 9.84 Å². The minimum absolute atomic E-state index is 0. The molecule has 3 rings (SSSR count). The fraction of sp³-hybridized carbons (Fsp3) is 0.481. The van der Waals surface area contributed by atoms with E-state index in [9.17, 15) is 14.7 Å². The first-order chi connectivity index (χ1) is 16.6. The molecular formula is C27H40N4O5. The first-order valence-corrected chi connectivity index (χ1v) is 12.1. The van der Waals surface area contributed by atoms with Crippen LogP contribution in [0.5, 0.6) is 0 Å². The van der Waals surface area contributed by atoms with Crippen molar-refractivity contribution < 1.29 is 24.5 Å². The Labute approximate surface area is 213 Å². The highest BCUT2D eigenvalue weighted by Gasteiger charge is 2.32. The molecule has 1 aliphatic rings. The second-order valence-electron chi connectivity index (χ2n) is 10.1. The van der Waals surface area contributed by atoms with Crippen LogP contribution in [0.3, 0.4) is 0 Å². The van der Waals surface area contributed by atoms with Crippen LogP contribution in [-0.2, 0) is 22.6 Å². The highest BCUT2D eigenvalue weighted by molar-refractivity contribution is 5.73. The number of aliphatic carboxylic acids is 1. The zero-order valence-corrected chi connectivity index (χ0v) is 21.6. The maximum Gasteiger partial charge on any atom is 0.404 e. The quantitative estimate of drug-likeness (QED) is 0.385. The number of hydrogen-bond donors (Lipinski definition) is 4. The Hall–Kier alpha value is -2.98. The van der Waals surface area contributed by atoms with E-state index in [1.807, 2.05) is 51.1 Å². The lowest BCUT2D eigenvalue weighted by Crippen LogP contribution is -2.47. The second kappa shape index (κ2) is 13.4. The van der Waals surface area contributed by atoms with Gasteiger partial charge in [0.1, 0.15) is 0 Å². The number of piperazine rings is 1. The fourth-order valence-corrected chi connectivity index (χ4v) is 4.32. The van der Waals surface area contributed by atoms with Gasteiger partial charge in [0, 0.05) is 45.8 Å². The van der Waals surface area contributed by atoms with Gasteiger partial charge in [-0.05, 0) is 27.7 Å². The van der Waals surface area contributed by atoms with Crippen molar-refractivity contribution in [2.24, 2.45) is 5.41 Å². The third-order valence-corrected chi connectivity index (χ3v) is 6.29. The number of nitrogens with one attached hydrogen (secondary N) is 1. The molecule has 6 N–H and O–H groups in total. The number of carboxylic acid groups (broad SMARTS) is 2. The molecule has 1 heterocycles. The summed E-state index contributed by atoms with van der Waals surface area (Å²) in [7, 11) is 0. The highest BCUT2D eigenvalue weighted by Crippen LogP contribution is 2.26. The summed E-state index contributed by atoms with van der Waals surface area (Å²) in [5, 5.41) is 20.6. The van der Waals surface area contributed by atoms with Gasteiger partial charge in [-0.2, -0.15) is 0 Å². The minimum Gasteiger partial charge on any atom is -0.479 e. The molecule has 1 unspecified atom stereocenters. The normalized spacial score (nSPS) is 15.6. The molecule has 0 aromatic heterocycles. The van der Waals surface area contributed by atoms with E-state index < -0.39 is 23.6 Å². The van der Waals surface area contributed by atoms with E-state index >= 15 is 0 Å². The van der Waals surface area contributed by atoms with Gasteiger partial charge >= 0.3 is 12.1 Å². The summed E-state index contributed by atoms with van der Waals surface area (Å²) in [6.07, 6.45) is -1.83. The summed E-state index contributed by atoms with van der Waals surface area (Å²) in [5.74, 6) is -0.910. The van der Waals surface area contributed by atoms with Crippen LogP contribution in [0.2, 0.25) is 0 Å². The van der Waals surface area contributed by atoms with Gasteiger partial charge in [0.05, 0.1) is 6.61 Å². The van der Waals surface area contributed by atoms with Crippen molar-refractivity contribution in [2.45, 2.75) is 40.0 Å². The van der Waals surface area contributed by atoms with Crippen LogP contribution < -0.4 is 11.5 Å². The fourth-order valence-electron chi connectivity index (χ4n) is 4.32. The van der Waals surface area contributed by atoms with E-state index in [-0.39, 0.29) is 6.15 Å². The number of benzene rings is 2. The minimum atomic E-state index is -1.03. The Morgan fingerprint density at radius 3 is 2.17 bits per heavy atom. The summed E-state index contributed by atoms with van der Waals surface area (Å²) in [5.41, 5.74) is 4.04. The van der Waals surface area contributed by atoms with Gasteiger partial charge in [0.25, 0.3) is 0 Å². The molecule has 0 radical (unpaired) electrons. The van der Waals surface area contributed by atoms with Crippen LogP contribution in [0.25, 0.3) is 11.1 Å². The topological polar surface area (TPSA) is 137 Å². The Balaban J connectivity index is 0.00000456. The Morgan fingerprint density at radius 1 is 0.972 bits per heavy atom. The highest BCUT2D eigenvalue weighted by atomic mass is 16.5. The van der Waals surface area contributed by atoms with Gasteiger partial charge < -0.3 is 26.4 Å². The van der Waals surface area contributed by atoms with Gasteiger partial charge in [-0.25, -0.2) is 9.59 Å². The van der Waals surface area contributed by atoms with Crippen molar-refractivity contribution in [2.75, 3.05) is 39.3 Å². The van der Waals surface area contributed by atoms with Crippen molar-refractivity contribution in [3.8, 4) is 11.1 Å². The number of carbonyl (C=O) groups is 2. The van der Waals surface area contributed by atoms with Gasteiger partial charge in [-0.15, -0.1) is 0 Å². The van der Waals surface area contributed by atoms with Gasteiger partial charge in [0.15, 0.2) is 6.10 Å². The van der Waals surface area contributed by atoms with Crippen LogP contribution in [0.1, 0.15) is 31.9 Å². The number of nitrogens with zero attached hydrogens (tertiary/aromatic N) is 2. The molecule has 2 aromatic rings. The van der Waals surface area contributed by atoms with Crippen molar-refractivity contribution >= 4 is 12.1 Å². The zero-order chi connectivity index (χ0) is 25.4. The number of rotatable bonds is 10. The summed E-state index contributed by atoms with van der Waals surface area (Å²) in [4.78, 5) is 27.0. The van der Waals surface area contributed by atoms with Crippen molar-refractivity contribution in [1.29, 1.82) is 0 Å². The average molecular weight is 501 g/mol. The summed E-state index contributed by atoms with van der Waals surface area (Å²) in [6, 6.07) is 16.4. The molecule has 1 fully saturated rings. The van der Waals surface area contributed by atoms with Gasteiger partial charge in [0.2, 0.25) is 0 Å². The van der Waals surface area contributed by atoms with E-state index in [0.29, 0.717) is 13.2 Å². The van der Waals surface area contributed by atoms with E-state index in [2.05, 4.69) is 33.3 Å². The lowest BCUT2D eigenvalue weighted by molar-refractivity contribution is -0.158. The molecule has 36 heavy (non-hydrogen) atoms. The molecule has 1 aliphatic heterocycles. The lowest BCUT2D eigenvalue weighted by atomic mass is 9.89. The van der Waals surface area contributed by atoms with Crippen LogP contribution in [0.4, 0.5) is 4.79 Å². The van der Waals surface area contributed by atoms with E-state index in [1.54, 1.807) is 0 Å². The molecule has 198 valence electrons. The molecular weight excluding hydrogens is 460 g/mol. The Bertz CT molecular complexity index is 982. The SMILES string of the molecule is CC(C)(C)C(OCCN1CCN(Cc2ccccc2-c2ccc(CNC(=O)O)cc2)CC1)C(=O)O.N. The Morgan fingerprint density at radius 2 is 1.58 bits per heavy atom. The number of carboxylic acids is 1. The average Bonchev–Trinajstić information content (AvgIpc) is 2.81. The largest absolute Gasteiger partial charge is 0.479 e. The Kier molecular flexibility index (Phi) is 10.9. The molecule has 9 nitrogen and oxygen atoms in total. The molecule has 1 atom stereocenters. The third kappa shape index (κ3) is 8.60. The molecule has 0 bridgehead atoms. The monoisotopic (exact) mass is 500 g/mol. The van der Waals surface area contributed by atoms with Crippen LogP contribution >= 0.6 is 0 Å². The standard InChI is InChI=1S/C27H37N3O5.H3N/c1-27(2,3)24(25(31)32)35-17-16-29-12-14-30(15-13-29)19-22-6-4-5-7-23(22)21-10-8-20(9-11-21)18-28-26(33)34;/h4-11,24,28H,12-19H2,1-3H3,(H,31,32)(H,33,34);1H3. The van der Waals surface area contributed by atoms with E-state index in [1.165, 1.54) is 11.1 Å². The van der Waals surface area contributed by atoms with Gasteiger partial charge in [-0.1, -0.05) is 69.3 Å². The third-order valence-electron chi connectivity index (χ3n) is 6.29. The molecule has 1 saturated heterocycles. The number of hydrogen-bond acceptors (Lipinski definition) is 6. The predicted molar refractivity (Wildman–Crippen MR) is 140 cm³/mol. The predicted octanol–water partition coefficient (Wildman–Crippen LogP) is 3.92. The summed E-state index contributed by atoms with van der Waals surface area (Å²) >= 11 is 0. The van der Waals surface area contributed by atoms with Gasteiger partial charge in [-0.3, -0.25) is 9.80 Å². The smallest absolute Gasteiger partial charge is 0.404 e. The first kappa shape index (κ1) is 29.3. The van der Waals surface area contributed by atoms with Crippen LogP contribution in [0.15, 0.2) is 48.5 Å². The number of amides is 1. The molecule has 0 saturated carbocycles. The maximum atomic E-state index is 11.5. The van der Waals surface area contributed by atoms with E-state index in [0.717, 1.165) is 50.4 Å².